The first kappa shape index (κ1) is 15.4. The van der Waals surface area contributed by atoms with E-state index in [4.69, 9.17) is 9.84 Å². The lowest BCUT2D eigenvalue weighted by Crippen LogP contribution is -2.40. The molecule has 2 atom stereocenters. The number of sulfonamides is 1. The highest BCUT2D eigenvalue weighted by atomic mass is 32.2. The monoisotopic (exact) mass is 319 g/mol. The van der Waals surface area contributed by atoms with Crippen LogP contribution in [0.15, 0.2) is 10.3 Å². The molecule has 1 heterocycles. The van der Waals surface area contributed by atoms with Crippen molar-refractivity contribution in [3.8, 4) is 0 Å². The summed E-state index contributed by atoms with van der Waals surface area (Å²) in [4.78, 5) is 11.0. The fourth-order valence-electron chi connectivity index (χ4n) is 2.40. The Labute approximate surface area is 121 Å². The maximum absolute atomic E-state index is 12.3. The first-order chi connectivity index (χ1) is 9.35. The molecule has 0 bridgehead atoms. The van der Waals surface area contributed by atoms with Gasteiger partial charge in [-0.05, 0) is 37.8 Å². The summed E-state index contributed by atoms with van der Waals surface area (Å²) in [7, 11) is -2.13. The normalized spacial score (nSPS) is 23.1. The number of aromatic carboxylic acids is 1. The van der Waals surface area contributed by atoms with E-state index in [0.717, 1.165) is 30.6 Å². The lowest BCUT2D eigenvalue weighted by Gasteiger charge is -2.18. The number of carbonyl (C=O) groups is 1. The summed E-state index contributed by atoms with van der Waals surface area (Å²) < 4.78 is 32.5. The highest BCUT2D eigenvalue weighted by Gasteiger charge is 2.32. The SMILES string of the molecule is COC1CCCC1NS(=O)(=O)c1cc(C)c(C(=O)O)s1. The maximum atomic E-state index is 12.3. The van der Waals surface area contributed by atoms with Crippen LogP contribution in [0.25, 0.3) is 0 Å². The third-order valence-corrected chi connectivity index (χ3v) is 6.60. The van der Waals surface area contributed by atoms with E-state index in [9.17, 15) is 13.2 Å². The first-order valence-electron chi connectivity index (χ1n) is 6.24. The lowest BCUT2D eigenvalue weighted by atomic mass is 10.2. The summed E-state index contributed by atoms with van der Waals surface area (Å²) in [6, 6.07) is 1.15. The fourth-order valence-corrected chi connectivity index (χ4v) is 5.09. The summed E-state index contributed by atoms with van der Waals surface area (Å²) in [5, 5.41) is 8.98. The molecule has 0 amide bonds. The highest BCUT2D eigenvalue weighted by Crippen LogP contribution is 2.28. The molecular formula is C12H17NO5S2. The van der Waals surface area contributed by atoms with Crippen molar-refractivity contribution in [3.05, 3.63) is 16.5 Å². The second-order valence-corrected chi connectivity index (χ2v) is 7.81. The minimum atomic E-state index is -3.70. The number of nitrogens with one attached hydrogen (secondary N) is 1. The van der Waals surface area contributed by atoms with Crippen LogP contribution in [0, 0.1) is 6.92 Å². The van der Waals surface area contributed by atoms with Crippen LogP contribution >= 0.6 is 11.3 Å². The van der Waals surface area contributed by atoms with Gasteiger partial charge in [0.15, 0.2) is 0 Å². The van der Waals surface area contributed by atoms with Crippen LogP contribution in [0.1, 0.15) is 34.5 Å². The molecule has 2 rings (SSSR count). The number of hydrogen-bond acceptors (Lipinski definition) is 5. The number of carboxylic acids is 1. The van der Waals surface area contributed by atoms with E-state index in [1.165, 1.54) is 6.07 Å². The van der Waals surface area contributed by atoms with E-state index in [0.29, 0.717) is 5.56 Å². The molecule has 1 fully saturated rings. The van der Waals surface area contributed by atoms with Crippen molar-refractivity contribution < 1.29 is 23.1 Å². The highest BCUT2D eigenvalue weighted by molar-refractivity contribution is 7.91. The van der Waals surface area contributed by atoms with Gasteiger partial charge in [-0.2, -0.15) is 0 Å². The van der Waals surface area contributed by atoms with Crippen molar-refractivity contribution in [2.24, 2.45) is 0 Å². The third-order valence-electron chi connectivity index (χ3n) is 3.42. The zero-order valence-electron chi connectivity index (χ0n) is 11.3. The van der Waals surface area contributed by atoms with E-state index in [1.54, 1.807) is 14.0 Å². The zero-order chi connectivity index (χ0) is 14.9. The van der Waals surface area contributed by atoms with Gasteiger partial charge in [-0.3, -0.25) is 0 Å². The van der Waals surface area contributed by atoms with Crippen LogP contribution < -0.4 is 4.72 Å². The molecule has 0 aromatic carbocycles. The van der Waals surface area contributed by atoms with Gasteiger partial charge in [-0.1, -0.05) is 0 Å². The lowest BCUT2D eigenvalue weighted by molar-refractivity contribution is 0.0701. The molecule has 8 heteroatoms. The van der Waals surface area contributed by atoms with E-state index < -0.39 is 16.0 Å². The number of thiophene rings is 1. The van der Waals surface area contributed by atoms with Crippen LogP contribution in [0.3, 0.4) is 0 Å². The number of methoxy groups -OCH3 is 1. The predicted molar refractivity (Wildman–Crippen MR) is 74.8 cm³/mol. The van der Waals surface area contributed by atoms with Crippen LogP contribution in [-0.2, 0) is 14.8 Å². The molecule has 6 nitrogen and oxygen atoms in total. The molecule has 0 spiro atoms. The minimum Gasteiger partial charge on any atom is -0.477 e. The quantitative estimate of drug-likeness (QED) is 0.860. The molecule has 1 aliphatic rings. The summed E-state index contributed by atoms with van der Waals surface area (Å²) in [5.41, 5.74) is 0.456. The Morgan fingerprint density at radius 2 is 2.20 bits per heavy atom. The Morgan fingerprint density at radius 3 is 2.75 bits per heavy atom. The van der Waals surface area contributed by atoms with Crippen molar-refractivity contribution in [1.29, 1.82) is 0 Å². The van der Waals surface area contributed by atoms with E-state index in [-0.39, 0.29) is 21.2 Å². The second-order valence-electron chi connectivity index (χ2n) is 4.82. The van der Waals surface area contributed by atoms with Gasteiger partial charge in [0.25, 0.3) is 0 Å². The number of rotatable bonds is 5. The molecule has 1 aromatic heterocycles. The molecule has 1 aromatic rings. The Bertz CT molecular complexity index is 607. The number of hydrogen-bond donors (Lipinski definition) is 2. The molecular weight excluding hydrogens is 302 g/mol. The van der Waals surface area contributed by atoms with E-state index in [1.807, 2.05) is 0 Å². The molecule has 112 valence electrons. The largest absolute Gasteiger partial charge is 0.477 e. The topological polar surface area (TPSA) is 92.7 Å². The summed E-state index contributed by atoms with van der Waals surface area (Å²) in [5.74, 6) is -1.11. The Morgan fingerprint density at radius 1 is 1.50 bits per heavy atom. The number of ether oxygens (including phenoxy) is 1. The smallest absolute Gasteiger partial charge is 0.346 e. The van der Waals surface area contributed by atoms with Crippen molar-refractivity contribution in [3.63, 3.8) is 0 Å². The Hall–Kier alpha value is -0.960. The number of carboxylic acid groups (broad SMARTS) is 1. The van der Waals surface area contributed by atoms with E-state index in [2.05, 4.69) is 4.72 Å². The summed E-state index contributed by atoms with van der Waals surface area (Å²) in [6.45, 7) is 1.59. The van der Waals surface area contributed by atoms with Gasteiger partial charge < -0.3 is 9.84 Å². The van der Waals surface area contributed by atoms with Crippen molar-refractivity contribution in [1.82, 2.24) is 4.72 Å². The standard InChI is InChI=1S/C12H17NO5S2/c1-7-6-10(19-11(7)12(14)15)20(16,17)13-8-4-3-5-9(8)18-2/h6,8-9,13H,3-5H2,1-2H3,(H,14,15). The van der Waals surface area contributed by atoms with Crippen molar-refractivity contribution in [2.75, 3.05) is 7.11 Å². The van der Waals surface area contributed by atoms with Gasteiger partial charge in [-0.15, -0.1) is 11.3 Å². The van der Waals surface area contributed by atoms with Gasteiger partial charge >= 0.3 is 5.97 Å². The second kappa shape index (κ2) is 5.80. The molecule has 0 radical (unpaired) electrons. The molecule has 0 aliphatic heterocycles. The maximum Gasteiger partial charge on any atom is 0.346 e. The Balaban J connectivity index is 2.22. The van der Waals surface area contributed by atoms with Gasteiger partial charge in [-0.25, -0.2) is 17.9 Å². The van der Waals surface area contributed by atoms with E-state index >= 15 is 0 Å². The first-order valence-corrected chi connectivity index (χ1v) is 8.54. The van der Waals surface area contributed by atoms with Crippen LogP contribution in [0.4, 0.5) is 0 Å². The third kappa shape index (κ3) is 3.03. The van der Waals surface area contributed by atoms with Crippen LogP contribution in [0.5, 0.6) is 0 Å². The predicted octanol–water partition coefficient (Wildman–Crippen LogP) is 1.60. The van der Waals surface area contributed by atoms with Crippen LogP contribution in [-0.4, -0.2) is 38.7 Å². The average molecular weight is 319 g/mol. The average Bonchev–Trinajstić information content (AvgIpc) is 2.95. The molecule has 1 aliphatic carbocycles. The van der Waals surface area contributed by atoms with Crippen LogP contribution in [0.2, 0.25) is 0 Å². The molecule has 1 saturated carbocycles. The summed E-state index contributed by atoms with van der Waals surface area (Å²) in [6.07, 6.45) is 2.35. The van der Waals surface area contributed by atoms with Crippen molar-refractivity contribution >= 4 is 27.3 Å². The molecule has 0 saturated heterocycles. The zero-order valence-corrected chi connectivity index (χ0v) is 12.9. The minimum absolute atomic E-state index is 0.0363. The Kier molecular flexibility index (Phi) is 4.48. The van der Waals surface area contributed by atoms with Gasteiger partial charge in [0.05, 0.1) is 6.10 Å². The number of aryl methyl sites for hydroxylation is 1. The molecule has 2 N–H and O–H groups in total. The van der Waals surface area contributed by atoms with Gasteiger partial charge in [0.2, 0.25) is 10.0 Å². The fraction of sp³-hybridized carbons (Fsp3) is 0.583. The van der Waals surface area contributed by atoms with Gasteiger partial charge in [0.1, 0.15) is 9.09 Å². The molecule has 2 unspecified atom stereocenters. The summed E-state index contributed by atoms with van der Waals surface area (Å²) >= 11 is 0.776. The van der Waals surface area contributed by atoms with Gasteiger partial charge in [0, 0.05) is 13.2 Å². The molecule has 20 heavy (non-hydrogen) atoms. The van der Waals surface area contributed by atoms with Crippen molar-refractivity contribution in [2.45, 2.75) is 42.5 Å².